The van der Waals surface area contributed by atoms with Gasteiger partial charge in [0, 0.05) is 19.5 Å². The number of piperidine rings is 1. The molecule has 1 fully saturated rings. The number of fused-ring (bicyclic) bond motifs is 1. The molecular weight excluding hydrogens is 280 g/mol. The molecule has 2 aliphatic rings. The maximum absolute atomic E-state index is 12.4. The summed E-state index contributed by atoms with van der Waals surface area (Å²) in [5.74, 6) is 1.65. The lowest BCUT2D eigenvalue weighted by molar-refractivity contribution is -0.132. The average Bonchev–Trinajstić information content (AvgIpc) is 3.00. The zero-order valence-corrected chi connectivity index (χ0v) is 12.7. The van der Waals surface area contributed by atoms with E-state index in [1.807, 2.05) is 17.0 Å². The van der Waals surface area contributed by atoms with Crippen molar-refractivity contribution in [3.63, 3.8) is 0 Å². The molecule has 0 spiro atoms. The lowest BCUT2D eigenvalue weighted by atomic mass is 9.94. The first-order valence-corrected chi connectivity index (χ1v) is 7.74. The minimum atomic E-state index is -0.443. The summed E-state index contributed by atoms with van der Waals surface area (Å²) < 4.78 is 10.6. The number of benzene rings is 1. The molecule has 0 saturated carbocycles. The van der Waals surface area contributed by atoms with Gasteiger partial charge in [-0.25, -0.2) is 0 Å². The molecular formula is C17H20N2O3. The van der Waals surface area contributed by atoms with Crippen LogP contribution in [0.1, 0.15) is 37.7 Å². The van der Waals surface area contributed by atoms with Crippen molar-refractivity contribution >= 4 is 5.91 Å². The van der Waals surface area contributed by atoms with Crippen LogP contribution in [0.4, 0.5) is 0 Å². The van der Waals surface area contributed by atoms with E-state index < -0.39 is 5.92 Å². The van der Waals surface area contributed by atoms with Crippen molar-refractivity contribution in [1.82, 2.24) is 4.90 Å². The Morgan fingerprint density at radius 3 is 2.82 bits per heavy atom. The zero-order valence-electron chi connectivity index (χ0n) is 12.7. The number of ether oxygens (including phenoxy) is 2. The summed E-state index contributed by atoms with van der Waals surface area (Å²) in [6, 6.07) is 7.69. The third-order valence-electron chi connectivity index (χ3n) is 4.47. The predicted octanol–water partition coefficient (Wildman–Crippen LogP) is 2.67. The van der Waals surface area contributed by atoms with Crippen LogP contribution < -0.4 is 9.47 Å². The maximum Gasteiger partial charge on any atom is 0.231 e. The van der Waals surface area contributed by atoms with Gasteiger partial charge >= 0.3 is 0 Å². The summed E-state index contributed by atoms with van der Waals surface area (Å²) in [5.41, 5.74) is 0.811. The number of nitrogens with zero attached hydrogens (tertiary/aromatic N) is 2. The summed E-state index contributed by atoms with van der Waals surface area (Å²) in [6.45, 7) is 4.03. The van der Waals surface area contributed by atoms with Crippen molar-refractivity contribution in [3.8, 4) is 17.6 Å². The Labute approximate surface area is 130 Å². The molecule has 0 N–H and O–H groups in total. The van der Waals surface area contributed by atoms with E-state index in [1.165, 1.54) is 0 Å². The molecule has 0 aliphatic carbocycles. The number of likely N-dealkylation sites (tertiary alicyclic amines) is 1. The van der Waals surface area contributed by atoms with E-state index in [-0.39, 0.29) is 19.1 Å². The number of hydrogen-bond acceptors (Lipinski definition) is 4. The fraction of sp³-hybridized carbons (Fsp3) is 0.529. The topological polar surface area (TPSA) is 62.6 Å². The molecule has 5 nitrogen and oxygen atoms in total. The Bertz CT molecular complexity index is 600. The second-order valence-corrected chi connectivity index (χ2v) is 6.06. The number of carbonyl (C=O) groups is 1. The highest BCUT2D eigenvalue weighted by atomic mass is 16.7. The predicted molar refractivity (Wildman–Crippen MR) is 80.5 cm³/mol. The molecule has 2 heterocycles. The quantitative estimate of drug-likeness (QED) is 0.861. The minimum absolute atomic E-state index is 0.0658. The molecule has 1 unspecified atom stereocenters. The first-order valence-electron chi connectivity index (χ1n) is 7.74. The fourth-order valence-corrected chi connectivity index (χ4v) is 2.93. The summed E-state index contributed by atoms with van der Waals surface area (Å²) >= 11 is 0. The average molecular weight is 300 g/mol. The van der Waals surface area contributed by atoms with Crippen molar-refractivity contribution in [2.75, 3.05) is 19.9 Å². The van der Waals surface area contributed by atoms with Gasteiger partial charge in [-0.05, 0) is 36.5 Å². The van der Waals surface area contributed by atoms with Crippen LogP contribution in [-0.2, 0) is 4.79 Å². The SMILES string of the molecule is CC1CCN(C(=O)CC(C#N)c2ccc3c(c2)OCO3)CC1. The van der Waals surface area contributed by atoms with Crippen LogP contribution >= 0.6 is 0 Å². The molecule has 2 aliphatic heterocycles. The largest absolute Gasteiger partial charge is 0.454 e. The first kappa shape index (κ1) is 14.7. The van der Waals surface area contributed by atoms with Crippen LogP contribution in [-0.4, -0.2) is 30.7 Å². The van der Waals surface area contributed by atoms with E-state index in [9.17, 15) is 10.1 Å². The molecule has 22 heavy (non-hydrogen) atoms. The molecule has 1 amide bonds. The fourth-order valence-electron chi connectivity index (χ4n) is 2.93. The van der Waals surface area contributed by atoms with Gasteiger partial charge in [-0.3, -0.25) is 4.79 Å². The van der Waals surface area contributed by atoms with Gasteiger partial charge in [0.15, 0.2) is 11.5 Å². The van der Waals surface area contributed by atoms with Gasteiger partial charge in [-0.1, -0.05) is 13.0 Å². The van der Waals surface area contributed by atoms with Crippen molar-refractivity contribution < 1.29 is 14.3 Å². The smallest absolute Gasteiger partial charge is 0.231 e. The van der Waals surface area contributed by atoms with Crippen LogP contribution in [0.5, 0.6) is 11.5 Å². The normalized spacial score (nSPS) is 18.8. The second kappa shape index (κ2) is 6.27. The Morgan fingerprint density at radius 2 is 2.09 bits per heavy atom. The van der Waals surface area contributed by atoms with Crippen LogP contribution in [0.25, 0.3) is 0 Å². The van der Waals surface area contributed by atoms with Crippen LogP contribution in [0, 0.1) is 17.2 Å². The number of hydrogen-bond donors (Lipinski definition) is 0. The molecule has 0 radical (unpaired) electrons. The Balaban J connectivity index is 1.67. The number of rotatable bonds is 3. The highest BCUT2D eigenvalue weighted by molar-refractivity contribution is 5.77. The standard InChI is InChI=1S/C17H20N2O3/c1-12-4-6-19(7-5-12)17(20)9-14(10-18)13-2-3-15-16(8-13)22-11-21-15/h2-3,8,12,14H,4-7,9,11H2,1H3. The zero-order chi connectivity index (χ0) is 15.5. The minimum Gasteiger partial charge on any atom is -0.454 e. The van der Waals surface area contributed by atoms with Crippen LogP contribution in [0.15, 0.2) is 18.2 Å². The van der Waals surface area contributed by atoms with Gasteiger partial charge in [0.05, 0.1) is 12.0 Å². The van der Waals surface area contributed by atoms with Gasteiger partial charge in [-0.2, -0.15) is 5.26 Å². The molecule has 0 aromatic heterocycles. The summed E-state index contributed by atoms with van der Waals surface area (Å²) in [7, 11) is 0. The van der Waals surface area contributed by atoms with Crippen molar-refractivity contribution in [2.24, 2.45) is 5.92 Å². The maximum atomic E-state index is 12.4. The number of nitriles is 1. The van der Waals surface area contributed by atoms with Crippen LogP contribution in [0.3, 0.4) is 0 Å². The lowest BCUT2D eigenvalue weighted by Gasteiger charge is -2.30. The number of amides is 1. The van der Waals surface area contributed by atoms with E-state index in [2.05, 4.69) is 13.0 Å². The molecule has 116 valence electrons. The molecule has 5 heteroatoms. The van der Waals surface area contributed by atoms with Gasteiger partial charge in [-0.15, -0.1) is 0 Å². The monoisotopic (exact) mass is 300 g/mol. The van der Waals surface area contributed by atoms with E-state index >= 15 is 0 Å². The van der Waals surface area contributed by atoms with Gasteiger partial charge in [0.25, 0.3) is 0 Å². The molecule has 1 aromatic rings. The molecule has 1 aromatic carbocycles. The van der Waals surface area contributed by atoms with E-state index in [0.29, 0.717) is 17.4 Å². The number of carbonyl (C=O) groups excluding carboxylic acids is 1. The second-order valence-electron chi connectivity index (χ2n) is 6.06. The Kier molecular flexibility index (Phi) is 4.19. The van der Waals surface area contributed by atoms with Crippen LogP contribution in [0.2, 0.25) is 0 Å². The lowest BCUT2D eigenvalue weighted by Crippen LogP contribution is -2.38. The van der Waals surface area contributed by atoms with Gasteiger partial charge < -0.3 is 14.4 Å². The summed E-state index contributed by atoms with van der Waals surface area (Å²) in [6.07, 6.45) is 2.32. The van der Waals surface area contributed by atoms with Gasteiger partial charge in [0.2, 0.25) is 12.7 Å². The third kappa shape index (κ3) is 3.01. The highest BCUT2D eigenvalue weighted by Crippen LogP contribution is 2.35. The highest BCUT2D eigenvalue weighted by Gasteiger charge is 2.25. The van der Waals surface area contributed by atoms with Crippen molar-refractivity contribution in [3.05, 3.63) is 23.8 Å². The molecule has 1 saturated heterocycles. The molecule has 3 rings (SSSR count). The molecule has 1 atom stereocenters. The van der Waals surface area contributed by atoms with Gasteiger partial charge in [0.1, 0.15) is 0 Å². The Morgan fingerprint density at radius 1 is 1.36 bits per heavy atom. The van der Waals surface area contributed by atoms with E-state index in [1.54, 1.807) is 6.07 Å². The summed E-state index contributed by atoms with van der Waals surface area (Å²) in [5, 5.41) is 9.42. The van der Waals surface area contributed by atoms with Crippen molar-refractivity contribution in [2.45, 2.75) is 32.1 Å². The first-order chi connectivity index (χ1) is 10.7. The molecule has 0 bridgehead atoms. The Hall–Kier alpha value is -2.22. The van der Waals surface area contributed by atoms with E-state index in [0.717, 1.165) is 31.5 Å². The third-order valence-corrected chi connectivity index (χ3v) is 4.47. The van der Waals surface area contributed by atoms with E-state index in [4.69, 9.17) is 9.47 Å². The van der Waals surface area contributed by atoms with Crippen molar-refractivity contribution in [1.29, 1.82) is 5.26 Å². The summed E-state index contributed by atoms with van der Waals surface area (Å²) in [4.78, 5) is 14.3.